The Labute approximate surface area is 264 Å². The molecule has 0 atom stereocenters. The number of hydrogen-bond acceptors (Lipinski definition) is 10. The van der Waals surface area contributed by atoms with Crippen molar-refractivity contribution in [2.45, 2.75) is 18.9 Å². The molecule has 0 bridgehead atoms. The van der Waals surface area contributed by atoms with E-state index in [4.69, 9.17) is 19.3 Å². The van der Waals surface area contributed by atoms with Crippen molar-refractivity contribution in [2.24, 2.45) is 0 Å². The Morgan fingerprint density at radius 2 is 1.80 bits per heavy atom. The van der Waals surface area contributed by atoms with E-state index in [1.54, 1.807) is 31.0 Å². The number of nitrogens with one attached hydrogen (secondary N) is 1. The number of nitrogens with zero attached hydrogens (tertiary/aromatic N) is 6. The summed E-state index contributed by atoms with van der Waals surface area (Å²) in [5.41, 5.74) is 4.67. The summed E-state index contributed by atoms with van der Waals surface area (Å²) < 4.78 is 45.2. The van der Waals surface area contributed by atoms with Gasteiger partial charge in [-0.3, -0.25) is 9.21 Å². The van der Waals surface area contributed by atoms with Crippen LogP contribution in [0.25, 0.3) is 16.8 Å². The summed E-state index contributed by atoms with van der Waals surface area (Å²) in [4.78, 5) is 9.53. The van der Waals surface area contributed by atoms with Crippen molar-refractivity contribution >= 4 is 38.6 Å². The first-order valence-corrected chi connectivity index (χ1v) is 17.1. The standard InChI is InChI=1S/C32H41N7O5S/c1-42-19-18-38(45(3,40)41)29-7-5-4-6-27(29)30-11-9-26-23-33-32(35-39(26)30)34-28-10-8-25(22-31(28)43-2)36-14-12-24(13-15-36)37-16-20-44-21-17-37/h4-11,22-24H,12-21H2,1-3H3,(H,34,35). The molecule has 2 aromatic heterocycles. The molecule has 2 aliphatic heterocycles. The number of benzene rings is 2. The molecule has 4 heterocycles. The van der Waals surface area contributed by atoms with Gasteiger partial charge in [0, 0.05) is 56.6 Å². The van der Waals surface area contributed by atoms with Gasteiger partial charge < -0.3 is 24.4 Å². The summed E-state index contributed by atoms with van der Waals surface area (Å²) in [5, 5.41) is 8.12. The molecule has 0 spiro atoms. The highest BCUT2D eigenvalue weighted by Crippen LogP contribution is 2.35. The van der Waals surface area contributed by atoms with Crippen LogP contribution >= 0.6 is 0 Å². The zero-order chi connectivity index (χ0) is 31.4. The number of aromatic nitrogens is 3. The Hall–Kier alpha value is -3.91. The third-order valence-electron chi connectivity index (χ3n) is 8.57. The van der Waals surface area contributed by atoms with Crippen molar-refractivity contribution in [1.82, 2.24) is 19.5 Å². The van der Waals surface area contributed by atoms with Gasteiger partial charge in [0.1, 0.15) is 5.75 Å². The molecule has 0 saturated carbocycles. The van der Waals surface area contributed by atoms with Gasteiger partial charge in [0.15, 0.2) is 0 Å². The molecule has 0 amide bonds. The predicted octanol–water partition coefficient (Wildman–Crippen LogP) is 3.86. The SMILES string of the molecule is COCCN(c1ccccc1-c1ccc2cnc(Nc3ccc(N4CCC(N5CCOCC5)CC4)cc3OC)nn12)S(C)(=O)=O. The minimum absolute atomic E-state index is 0.194. The third-order valence-corrected chi connectivity index (χ3v) is 9.75. The molecule has 4 aromatic rings. The summed E-state index contributed by atoms with van der Waals surface area (Å²) in [6, 6.07) is 18.0. The van der Waals surface area contributed by atoms with E-state index in [-0.39, 0.29) is 13.2 Å². The van der Waals surface area contributed by atoms with Gasteiger partial charge in [-0.2, -0.15) is 0 Å². The van der Waals surface area contributed by atoms with Gasteiger partial charge >= 0.3 is 0 Å². The molecule has 13 heteroatoms. The van der Waals surface area contributed by atoms with Gasteiger partial charge in [0.2, 0.25) is 16.0 Å². The van der Waals surface area contributed by atoms with E-state index in [9.17, 15) is 8.42 Å². The van der Waals surface area contributed by atoms with Crippen molar-refractivity contribution in [3.8, 4) is 17.0 Å². The molecule has 0 aliphatic carbocycles. The van der Waals surface area contributed by atoms with Gasteiger partial charge in [-0.05, 0) is 43.2 Å². The monoisotopic (exact) mass is 635 g/mol. The maximum atomic E-state index is 12.8. The van der Waals surface area contributed by atoms with Crippen LogP contribution in [-0.4, -0.2) is 107 Å². The fourth-order valence-corrected chi connectivity index (χ4v) is 7.16. The third kappa shape index (κ3) is 6.86. The molecule has 45 heavy (non-hydrogen) atoms. The number of fused-ring (bicyclic) bond motifs is 1. The molecule has 0 radical (unpaired) electrons. The lowest BCUT2D eigenvalue weighted by atomic mass is 10.0. The molecule has 2 fully saturated rings. The van der Waals surface area contributed by atoms with E-state index < -0.39 is 10.0 Å². The second kappa shape index (κ2) is 13.6. The number of anilines is 4. The Morgan fingerprint density at radius 3 is 2.53 bits per heavy atom. The van der Waals surface area contributed by atoms with Gasteiger partial charge in [0.25, 0.3) is 0 Å². The van der Waals surface area contributed by atoms with Gasteiger partial charge in [-0.15, -0.1) is 5.10 Å². The summed E-state index contributed by atoms with van der Waals surface area (Å²) in [7, 11) is -0.343. The average Bonchev–Trinajstić information content (AvgIpc) is 3.48. The van der Waals surface area contributed by atoms with Crippen LogP contribution in [0.15, 0.2) is 60.8 Å². The van der Waals surface area contributed by atoms with Crippen molar-refractivity contribution in [3.63, 3.8) is 0 Å². The fraction of sp³-hybridized carbons (Fsp3) is 0.438. The van der Waals surface area contributed by atoms with Crippen LogP contribution in [0, 0.1) is 0 Å². The number of methoxy groups -OCH3 is 2. The minimum Gasteiger partial charge on any atom is -0.494 e. The van der Waals surface area contributed by atoms with Crippen molar-refractivity contribution < 1.29 is 22.6 Å². The maximum Gasteiger partial charge on any atom is 0.245 e. The van der Waals surface area contributed by atoms with E-state index >= 15 is 0 Å². The molecule has 12 nitrogen and oxygen atoms in total. The zero-order valence-corrected chi connectivity index (χ0v) is 26.9. The van der Waals surface area contributed by atoms with E-state index in [2.05, 4.69) is 32.2 Å². The smallest absolute Gasteiger partial charge is 0.245 e. The number of sulfonamides is 1. The van der Waals surface area contributed by atoms with Crippen molar-refractivity contribution in [1.29, 1.82) is 0 Å². The van der Waals surface area contributed by atoms with Gasteiger partial charge in [-0.1, -0.05) is 18.2 Å². The molecule has 240 valence electrons. The number of piperidine rings is 1. The first kappa shape index (κ1) is 31.1. The van der Waals surface area contributed by atoms with E-state index in [1.165, 1.54) is 10.6 Å². The van der Waals surface area contributed by atoms with Crippen LogP contribution in [0.4, 0.5) is 23.0 Å². The normalized spacial score (nSPS) is 16.6. The molecular formula is C32H41N7O5S. The minimum atomic E-state index is -3.56. The first-order valence-electron chi connectivity index (χ1n) is 15.3. The lowest BCUT2D eigenvalue weighted by Gasteiger charge is -2.40. The van der Waals surface area contributed by atoms with E-state index in [1.807, 2.05) is 36.4 Å². The molecular weight excluding hydrogens is 594 g/mol. The second-order valence-corrected chi connectivity index (χ2v) is 13.3. The Morgan fingerprint density at radius 1 is 1.02 bits per heavy atom. The van der Waals surface area contributed by atoms with Crippen LogP contribution in [0.2, 0.25) is 0 Å². The number of para-hydroxylation sites is 1. The largest absolute Gasteiger partial charge is 0.494 e. The van der Waals surface area contributed by atoms with Crippen LogP contribution in [0.5, 0.6) is 5.75 Å². The van der Waals surface area contributed by atoms with Crippen LogP contribution < -0.4 is 19.3 Å². The number of hydrogen-bond donors (Lipinski definition) is 1. The lowest BCUT2D eigenvalue weighted by Crippen LogP contribution is -2.49. The maximum absolute atomic E-state index is 12.8. The summed E-state index contributed by atoms with van der Waals surface area (Å²) in [6.07, 6.45) is 5.20. The van der Waals surface area contributed by atoms with Crippen molar-refractivity contribution in [3.05, 3.63) is 60.8 Å². The Balaban J connectivity index is 1.23. The topological polar surface area (TPSA) is 114 Å². The lowest BCUT2D eigenvalue weighted by molar-refractivity contribution is 0.0115. The number of ether oxygens (including phenoxy) is 3. The zero-order valence-electron chi connectivity index (χ0n) is 26.1. The Bertz CT molecular complexity index is 1720. The molecule has 2 saturated heterocycles. The highest BCUT2D eigenvalue weighted by molar-refractivity contribution is 7.92. The van der Waals surface area contributed by atoms with Gasteiger partial charge in [0.05, 0.1) is 68.5 Å². The summed E-state index contributed by atoms with van der Waals surface area (Å²) >= 11 is 0. The molecule has 2 aliphatic rings. The highest BCUT2D eigenvalue weighted by Gasteiger charge is 2.27. The quantitative estimate of drug-likeness (QED) is 0.261. The molecule has 6 rings (SSSR count). The highest BCUT2D eigenvalue weighted by atomic mass is 32.2. The fourth-order valence-electron chi connectivity index (χ4n) is 6.24. The first-order chi connectivity index (χ1) is 21.9. The van der Waals surface area contributed by atoms with E-state index in [0.717, 1.165) is 80.4 Å². The van der Waals surface area contributed by atoms with E-state index in [0.29, 0.717) is 23.4 Å². The average molecular weight is 636 g/mol. The summed E-state index contributed by atoms with van der Waals surface area (Å²) in [5.74, 6) is 1.08. The van der Waals surface area contributed by atoms with Gasteiger partial charge in [-0.25, -0.2) is 17.9 Å². The Kier molecular flexibility index (Phi) is 9.40. The molecule has 1 N–H and O–H groups in total. The number of rotatable bonds is 11. The molecule has 0 unspecified atom stereocenters. The molecule has 2 aromatic carbocycles. The van der Waals surface area contributed by atoms with Crippen LogP contribution in [-0.2, 0) is 19.5 Å². The summed E-state index contributed by atoms with van der Waals surface area (Å²) in [6.45, 7) is 6.17. The van der Waals surface area contributed by atoms with Crippen LogP contribution in [0.3, 0.4) is 0 Å². The predicted molar refractivity (Wildman–Crippen MR) is 176 cm³/mol. The van der Waals surface area contributed by atoms with Crippen LogP contribution in [0.1, 0.15) is 12.8 Å². The second-order valence-electron chi connectivity index (χ2n) is 11.4. The number of morpholine rings is 1. The van der Waals surface area contributed by atoms with Crippen molar-refractivity contribution in [2.75, 3.05) is 87.5 Å².